The normalized spacial score (nSPS) is 17.8. The zero-order valence-electron chi connectivity index (χ0n) is 11.7. The highest BCUT2D eigenvalue weighted by atomic mass is 16.5. The molecule has 1 saturated heterocycles. The molecule has 0 amide bonds. The van der Waals surface area contributed by atoms with Crippen LogP contribution in [0.3, 0.4) is 0 Å². The zero-order chi connectivity index (χ0) is 14.5. The highest BCUT2D eigenvalue weighted by Gasteiger charge is 2.20. The second-order valence-electron chi connectivity index (χ2n) is 4.97. The topological polar surface area (TPSA) is 98.8 Å². The Balaban J connectivity index is 1.62. The largest absolute Gasteiger partial charge is 0.381 e. The van der Waals surface area contributed by atoms with Crippen molar-refractivity contribution in [1.29, 1.82) is 0 Å². The van der Waals surface area contributed by atoms with Gasteiger partial charge in [-0.1, -0.05) is 0 Å². The van der Waals surface area contributed by atoms with E-state index in [4.69, 9.17) is 10.5 Å². The van der Waals surface area contributed by atoms with Gasteiger partial charge in [0.1, 0.15) is 5.82 Å². The molecule has 2 aromatic rings. The lowest BCUT2D eigenvalue weighted by molar-refractivity contribution is 0.193. The molecular weight excluding hydrogens is 268 g/mol. The summed E-state index contributed by atoms with van der Waals surface area (Å²) in [6, 6.07) is 1.95. The molecule has 7 heteroatoms. The number of nitrogens with two attached hydrogens (primary N) is 1. The third-order valence-corrected chi connectivity index (χ3v) is 3.42. The number of anilines is 2. The van der Waals surface area contributed by atoms with Gasteiger partial charge < -0.3 is 15.8 Å². The monoisotopic (exact) mass is 286 g/mol. The molecule has 0 aromatic carbocycles. The first-order chi connectivity index (χ1) is 10.3. The van der Waals surface area contributed by atoms with Gasteiger partial charge in [-0.05, 0) is 6.42 Å². The van der Waals surface area contributed by atoms with Crippen LogP contribution in [0.4, 0.5) is 11.8 Å². The maximum Gasteiger partial charge on any atom is 0.222 e. The van der Waals surface area contributed by atoms with Crippen LogP contribution in [-0.2, 0) is 11.2 Å². The van der Waals surface area contributed by atoms with Gasteiger partial charge in [0.2, 0.25) is 5.95 Å². The maximum absolute atomic E-state index is 5.78. The summed E-state index contributed by atoms with van der Waals surface area (Å²) in [5.41, 5.74) is 7.67. The lowest BCUT2D eigenvalue weighted by Gasteiger charge is -2.11. The Kier molecular flexibility index (Phi) is 4.20. The fourth-order valence-electron chi connectivity index (χ4n) is 2.33. The van der Waals surface area contributed by atoms with Gasteiger partial charge in [-0.25, -0.2) is 4.98 Å². The molecule has 1 atom stereocenters. The molecule has 1 aliphatic rings. The molecule has 3 heterocycles. The second-order valence-corrected chi connectivity index (χ2v) is 4.97. The molecular formula is C14H18N6O. The van der Waals surface area contributed by atoms with Crippen molar-refractivity contribution < 1.29 is 4.74 Å². The van der Waals surface area contributed by atoms with Crippen molar-refractivity contribution in [2.24, 2.45) is 0 Å². The molecule has 0 bridgehead atoms. The first-order valence-corrected chi connectivity index (χ1v) is 7.02. The van der Waals surface area contributed by atoms with E-state index in [0.717, 1.165) is 43.2 Å². The first kappa shape index (κ1) is 13.7. The average Bonchev–Trinajstić information content (AvgIpc) is 3.02. The number of nitrogen functional groups attached to an aromatic ring is 1. The average molecular weight is 286 g/mol. The fourth-order valence-corrected chi connectivity index (χ4v) is 2.33. The number of rotatable bonds is 5. The molecule has 0 spiro atoms. The quantitative estimate of drug-likeness (QED) is 0.846. The summed E-state index contributed by atoms with van der Waals surface area (Å²) in [7, 11) is 0. The van der Waals surface area contributed by atoms with E-state index in [1.807, 2.05) is 6.07 Å². The minimum atomic E-state index is 0.293. The van der Waals surface area contributed by atoms with Gasteiger partial charge in [0.15, 0.2) is 0 Å². The third-order valence-electron chi connectivity index (χ3n) is 3.42. The van der Waals surface area contributed by atoms with Crippen LogP contribution in [0, 0.1) is 0 Å². The summed E-state index contributed by atoms with van der Waals surface area (Å²) in [5.74, 6) is 1.35. The minimum absolute atomic E-state index is 0.293. The van der Waals surface area contributed by atoms with Crippen LogP contribution in [0.5, 0.6) is 0 Å². The standard InChI is InChI=1S/C14H18N6O/c15-14-19-12(10-2-6-21-9-10)7-13(20-14)18-3-1-11-8-16-4-5-17-11/h4-5,7-8,10H,1-3,6,9H2,(H3,15,18,19,20)/t10-/m1/s1. The molecule has 0 radical (unpaired) electrons. The number of hydrogen-bond donors (Lipinski definition) is 2. The van der Waals surface area contributed by atoms with Crippen LogP contribution in [0.15, 0.2) is 24.7 Å². The van der Waals surface area contributed by atoms with Crippen molar-refractivity contribution in [3.05, 3.63) is 36.0 Å². The first-order valence-electron chi connectivity index (χ1n) is 7.02. The Labute approximate surface area is 123 Å². The SMILES string of the molecule is Nc1nc(NCCc2cnccn2)cc([C@@H]2CCOC2)n1. The van der Waals surface area contributed by atoms with E-state index in [9.17, 15) is 0 Å². The van der Waals surface area contributed by atoms with Crippen molar-refractivity contribution in [1.82, 2.24) is 19.9 Å². The zero-order valence-corrected chi connectivity index (χ0v) is 11.7. The Morgan fingerprint density at radius 3 is 3.05 bits per heavy atom. The van der Waals surface area contributed by atoms with Crippen LogP contribution in [0.25, 0.3) is 0 Å². The summed E-state index contributed by atoms with van der Waals surface area (Å²) >= 11 is 0. The van der Waals surface area contributed by atoms with E-state index in [0.29, 0.717) is 18.5 Å². The minimum Gasteiger partial charge on any atom is -0.381 e. The summed E-state index contributed by atoms with van der Waals surface area (Å²) in [4.78, 5) is 16.8. The summed E-state index contributed by atoms with van der Waals surface area (Å²) < 4.78 is 5.39. The van der Waals surface area contributed by atoms with Crippen molar-refractivity contribution in [2.75, 3.05) is 30.8 Å². The van der Waals surface area contributed by atoms with Crippen molar-refractivity contribution in [3.63, 3.8) is 0 Å². The molecule has 21 heavy (non-hydrogen) atoms. The van der Waals surface area contributed by atoms with E-state index in [1.165, 1.54) is 0 Å². The van der Waals surface area contributed by atoms with Crippen LogP contribution in [-0.4, -0.2) is 39.7 Å². The van der Waals surface area contributed by atoms with Gasteiger partial charge in [-0.15, -0.1) is 0 Å². The van der Waals surface area contributed by atoms with Gasteiger partial charge in [-0.2, -0.15) is 4.98 Å². The van der Waals surface area contributed by atoms with E-state index < -0.39 is 0 Å². The highest BCUT2D eigenvalue weighted by molar-refractivity contribution is 5.41. The Morgan fingerprint density at radius 1 is 1.33 bits per heavy atom. The van der Waals surface area contributed by atoms with Crippen molar-refractivity contribution in [2.45, 2.75) is 18.8 Å². The van der Waals surface area contributed by atoms with E-state index in [-0.39, 0.29) is 0 Å². The van der Waals surface area contributed by atoms with Crippen molar-refractivity contribution >= 4 is 11.8 Å². The number of hydrogen-bond acceptors (Lipinski definition) is 7. The van der Waals surface area contributed by atoms with E-state index >= 15 is 0 Å². The van der Waals surface area contributed by atoms with Crippen molar-refractivity contribution in [3.8, 4) is 0 Å². The number of ether oxygens (including phenoxy) is 1. The number of nitrogens with zero attached hydrogens (tertiary/aromatic N) is 4. The number of nitrogens with one attached hydrogen (secondary N) is 1. The Hall–Kier alpha value is -2.28. The molecule has 0 unspecified atom stereocenters. The van der Waals surface area contributed by atoms with Crippen LogP contribution in [0.2, 0.25) is 0 Å². The molecule has 1 fully saturated rings. The predicted molar refractivity (Wildman–Crippen MR) is 78.8 cm³/mol. The van der Waals surface area contributed by atoms with Gasteiger partial charge in [0.05, 0.1) is 18.0 Å². The molecule has 0 aliphatic carbocycles. The van der Waals surface area contributed by atoms with Crippen LogP contribution >= 0.6 is 0 Å². The molecule has 3 N–H and O–H groups in total. The molecule has 2 aromatic heterocycles. The van der Waals surface area contributed by atoms with Crippen LogP contribution < -0.4 is 11.1 Å². The van der Waals surface area contributed by atoms with Gasteiger partial charge >= 0.3 is 0 Å². The predicted octanol–water partition coefficient (Wildman–Crippen LogP) is 1.01. The highest BCUT2D eigenvalue weighted by Crippen LogP contribution is 2.25. The fraction of sp³-hybridized carbons (Fsp3) is 0.429. The molecule has 3 rings (SSSR count). The lowest BCUT2D eigenvalue weighted by atomic mass is 10.0. The number of aromatic nitrogens is 4. The van der Waals surface area contributed by atoms with E-state index in [1.54, 1.807) is 18.6 Å². The molecule has 110 valence electrons. The van der Waals surface area contributed by atoms with Gasteiger partial charge in [0, 0.05) is 50.1 Å². The Bertz CT molecular complexity index is 585. The summed E-state index contributed by atoms with van der Waals surface area (Å²) in [5, 5.41) is 3.26. The van der Waals surface area contributed by atoms with Crippen LogP contribution in [0.1, 0.15) is 23.7 Å². The third kappa shape index (κ3) is 3.63. The summed E-state index contributed by atoms with van der Waals surface area (Å²) in [6.07, 6.45) is 6.88. The van der Waals surface area contributed by atoms with Gasteiger partial charge in [0.25, 0.3) is 0 Å². The smallest absolute Gasteiger partial charge is 0.222 e. The summed E-state index contributed by atoms with van der Waals surface area (Å²) in [6.45, 7) is 2.20. The second kappa shape index (κ2) is 6.45. The molecule has 7 nitrogen and oxygen atoms in total. The Morgan fingerprint density at radius 2 is 2.29 bits per heavy atom. The van der Waals surface area contributed by atoms with Gasteiger partial charge in [-0.3, -0.25) is 9.97 Å². The molecule has 0 saturated carbocycles. The maximum atomic E-state index is 5.78. The van der Waals surface area contributed by atoms with E-state index in [2.05, 4.69) is 25.3 Å². The molecule has 1 aliphatic heterocycles. The lowest BCUT2D eigenvalue weighted by Crippen LogP contribution is -2.11.